The second kappa shape index (κ2) is 8.51. The predicted octanol–water partition coefficient (Wildman–Crippen LogP) is 6.53. The minimum atomic E-state index is -2.29. The van der Waals surface area contributed by atoms with Crippen molar-refractivity contribution in [3.63, 3.8) is 0 Å². The van der Waals surface area contributed by atoms with Crippen LogP contribution in [0.25, 0.3) is 0 Å². The third-order valence-corrected chi connectivity index (χ3v) is 9.96. The Morgan fingerprint density at radius 1 is 1.32 bits per heavy atom. The molecule has 2 saturated carbocycles. The van der Waals surface area contributed by atoms with E-state index in [0.29, 0.717) is 11.8 Å². The van der Waals surface area contributed by atoms with Crippen LogP contribution in [0, 0.1) is 17.3 Å². The van der Waals surface area contributed by atoms with Gasteiger partial charge in [-0.05, 0) is 99.3 Å². The van der Waals surface area contributed by atoms with E-state index in [9.17, 15) is 8.78 Å². The summed E-state index contributed by atoms with van der Waals surface area (Å²) in [5, 5.41) is 0. The molecule has 6 atom stereocenters. The van der Waals surface area contributed by atoms with Crippen molar-refractivity contribution in [2.45, 2.75) is 88.9 Å². The van der Waals surface area contributed by atoms with Gasteiger partial charge in [0.1, 0.15) is 0 Å². The first kappa shape index (κ1) is 24.1. The quantitative estimate of drug-likeness (QED) is 0.326. The number of nitrogens with zero attached hydrogens (tertiary/aromatic N) is 2. The van der Waals surface area contributed by atoms with Gasteiger partial charge in [-0.1, -0.05) is 37.3 Å². The zero-order chi connectivity index (χ0) is 24.3. The lowest BCUT2D eigenvalue weighted by molar-refractivity contribution is -0.142. The van der Waals surface area contributed by atoms with Gasteiger partial charge in [-0.15, -0.1) is 0 Å². The van der Waals surface area contributed by atoms with Crippen LogP contribution in [0.1, 0.15) is 65.2 Å². The zero-order valence-electron chi connectivity index (χ0n) is 21.2. The molecule has 0 aromatic carbocycles. The molecule has 186 valence electrons. The number of halogens is 2. The lowest BCUT2D eigenvalue weighted by Crippen LogP contribution is -2.55. The van der Waals surface area contributed by atoms with E-state index in [1.807, 2.05) is 18.2 Å². The normalized spacial score (nSPS) is 41.4. The Hall–Kier alpha value is -1.59. The lowest BCUT2D eigenvalue weighted by Gasteiger charge is -2.55. The summed E-state index contributed by atoms with van der Waals surface area (Å²) >= 11 is 0. The summed E-state index contributed by atoms with van der Waals surface area (Å²) in [7, 11) is 3.64. The van der Waals surface area contributed by atoms with E-state index in [-0.39, 0.29) is 29.2 Å². The fourth-order valence-electron chi connectivity index (χ4n) is 8.47. The Morgan fingerprint density at radius 2 is 2.12 bits per heavy atom. The summed E-state index contributed by atoms with van der Waals surface area (Å²) in [4.78, 5) is 5.99. The number of rotatable bonds is 6. The van der Waals surface area contributed by atoms with Gasteiger partial charge in [0.25, 0.3) is 6.43 Å². The molecular weight excluding hydrogens is 430 g/mol. The maximum atomic E-state index is 13.1. The second-order valence-corrected chi connectivity index (χ2v) is 11.8. The van der Waals surface area contributed by atoms with Crippen LogP contribution in [0.4, 0.5) is 8.78 Å². The molecule has 2 bridgehead atoms. The molecule has 5 heteroatoms. The van der Waals surface area contributed by atoms with Gasteiger partial charge in [-0.2, -0.15) is 0 Å². The molecule has 0 aromatic heterocycles. The Labute approximate surface area is 203 Å². The van der Waals surface area contributed by atoms with Crippen molar-refractivity contribution in [2.75, 3.05) is 20.6 Å². The summed E-state index contributed by atoms with van der Waals surface area (Å²) < 4.78 is 33.5. The average Bonchev–Trinajstić information content (AvgIpc) is 3.28. The summed E-state index contributed by atoms with van der Waals surface area (Å²) in [6, 6.07) is 0.162. The number of ether oxygens (including phenoxy) is 1. The number of allylic oxidation sites excluding steroid dienone is 4. The van der Waals surface area contributed by atoms with Gasteiger partial charge in [0.05, 0.1) is 17.7 Å². The molecule has 3 aliphatic carbocycles. The van der Waals surface area contributed by atoms with Crippen molar-refractivity contribution in [3.05, 3.63) is 47.1 Å². The smallest absolute Gasteiger partial charge is 0.251 e. The first-order valence-electron chi connectivity index (χ1n) is 13.0. The molecule has 2 heterocycles. The topological polar surface area (TPSA) is 24.8 Å². The maximum absolute atomic E-state index is 13.1. The molecule has 1 saturated heterocycles. The Kier molecular flexibility index (Phi) is 6.04. The van der Waals surface area contributed by atoms with Crippen LogP contribution in [-0.4, -0.2) is 55.4 Å². The van der Waals surface area contributed by atoms with E-state index >= 15 is 0 Å². The molecule has 0 N–H and O–H groups in total. The van der Waals surface area contributed by atoms with Crippen molar-refractivity contribution in [2.24, 2.45) is 22.2 Å². The third kappa shape index (κ3) is 3.61. The van der Waals surface area contributed by atoms with Gasteiger partial charge in [0.2, 0.25) is 0 Å². The number of alkyl halides is 2. The van der Waals surface area contributed by atoms with Crippen molar-refractivity contribution < 1.29 is 13.5 Å². The number of aliphatic imine (C=N–C) groups is 1. The Bertz CT molecular complexity index is 981. The van der Waals surface area contributed by atoms with Crippen LogP contribution < -0.4 is 0 Å². The fraction of sp³-hybridized carbons (Fsp3) is 0.690. The van der Waals surface area contributed by atoms with E-state index in [2.05, 4.69) is 43.6 Å². The van der Waals surface area contributed by atoms with Crippen molar-refractivity contribution in [1.29, 1.82) is 0 Å². The Morgan fingerprint density at radius 3 is 2.85 bits per heavy atom. The van der Waals surface area contributed by atoms with Gasteiger partial charge >= 0.3 is 0 Å². The van der Waals surface area contributed by atoms with Crippen molar-refractivity contribution >= 4 is 6.21 Å². The largest absolute Gasteiger partial charge is 0.359 e. The monoisotopic (exact) mass is 470 g/mol. The van der Waals surface area contributed by atoms with Crippen LogP contribution >= 0.6 is 0 Å². The van der Waals surface area contributed by atoms with Gasteiger partial charge in [0.15, 0.2) is 0 Å². The first-order valence-corrected chi connectivity index (χ1v) is 13.0. The highest BCUT2D eigenvalue weighted by molar-refractivity contribution is 5.81. The van der Waals surface area contributed by atoms with Gasteiger partial charge in [0, 0.05) is 19.3 Å². The van der Waals surface area contributed by atoms with Crippen LogP contribution in [0.5, 0.6) is 0 Å². The van der Waals surface area contributed by atoms with E-state index in [0.717, 1.165) is 44.1 Å². The summed E-state index contributed by atoms with van der Waals surface area (Å²) in [5.74, 6) is 0.992. The number of hydrogen-bond acceptors (Lipinski definition) is 3. The molecule has 34 heavy (non-hydrogen) atoms. The van der Waals surface area contributed by atoms with E-state index in [1.165, 1.54) is 29.6 Å². The zero-order valence-corrected chi connectivity index (χ0v) is 21.2. The third-order valence-electron chi connectivity index (χ3n) is 9.96. The Balaban J connectivity index is 1.44. The molecule has 5 aliphatic rings. The minimum Gasteiger partial charge on any atom is -0.359 e. The van der Waals surface area contributed by atoms with Gasteiger partial charge < -0.3 is 4.74 Å². The highest BCUT2D eigenvalue weighted by Crippen LogP contribution is 2.68. The molecule has 3 unspecified atom stereocenters. The van der Waals surface area contributed by atoms with Gasteiger partial charge in [-0.3, -0.25) is 9.89 Å². The molecule has 0 radical (unpaired) electrons. The predicted molar refractivity (Wildman–Crippen MR) is 134 cm³/mol. The summed E-state index contributed by atoms with van der Waals surface area (Å²) in [6.07, 6.45) is 14.9. The molecular formula is C29H40F2N2O. The average molecular weight is 471 g/mol. The molecule has 0 aromatic rings. The highest BCUT2D eigenvalue weighted by atomic mass is 19.3. The SMILES string of the molecule is C=C(/C=N\C)/C=C(\C)C1CC[C@@H]2C1(C)CC=C1C=C3CCC(N(C)CC(F)F)C[C@]34CC[C@@]12O4. The molecule has 5 rings (SSSR count). The van der Waals surface area contributed by atoms with Crippen LogP contribution in [0.3, 0.4) is 0 Å². The summed E-state index contributed by atoms with van der Waals surface area (Å²) in [5.41, 5.74) is 4.86. The lowest BCUT2D eigenvalue weighted by atomic mass is 9.58. The van der Waals surface area contributed by atoms with E-state index < -0.39 is 6.43 Å². The molecule has 2 spiro atoms. The van der Waals surface area contributed by atoms with Gasteiger partial charge in [-0.25, -0.2) is 8.78 Å². The fourth-order valence-corrected chi connectivity index (χ4v) is 8.47. The van der Waals surface area contributed by atoms with Crippen molar-refractivity contribution in [1.82, 2.24) is 4.90 Å². The van der Waals surface area contributed by atoms with E-state index in [1.54, 1.807) is 7.05 Å². The van der Waals surface area contributed by atoms with Crippen LogP contribution in [-0.2, 0) is 4.74 Å². The maximum Gasteiger partial charge on any atom is 0.251 e. The molecule has 3 nitrogen and oxygen atoms in total. The van der Waals surface area contributed by atoms with Crippen molar-refractivity contribution in [3.8, 4) is 0 Å². The standard InChI is InChI=1S/C29H40F2N2O/c1-19(17-32-4)14-20(2)24-8-9-25-27(24,3)11-10-22-15-21-6-7-23(33(5)18-26(30)31)16-28(21)12-13-29(22,25)34-28/h10,14-15,17,23-26H,1,6-9,11-13,16,18H2,2-5H3/b20-14+,32-17-/t23?,24?,25-,27?,28-,29-/m1/s1. The van der Waals surface area contributed by atoms with Crippen LogP contribution in [0.15, 0.2) is 52.1 Å². The molecule has 0 amide bonds. The second-order valence-electron chi connectivity index (χ2n) is 11.8. The highest BCUT2D eigenvalue weighted by Gasteiger charge is 2.66. The minimum absolute atomic E-state index is 0.155. The molecule has 3 fully saturated rings. The van der Waals surface area contributed by atoms with Crippen LogP contribution in [0.2, 0.25) is 0 Å². The first-order chi connectivity index (χ1) is 16.1. The molecule has 2 aliphatic heterocycles. The summed E-state index contributed by atoms with van der Waals surface area (Å²) in [6.45, 7) is 8.72. The number of fused-ring (bicyclic) bond motifs is 1. The number of hydrogen-bond donors (Lipinski definition) is 0. The van der Waals surface area contributed by atoms with E-state index in [4.69, 9.17) is 4.74 Å².